The molecule has 1 heterocycles. The number of carbonyl (C=O) groups excluding carboxylic acids is 1. The number of H-pyrrole nitrogens is 1. The Morgan fingerprint density at radius 3 is 2.71 bits per heavy atom. The summed E-state index contributed by atoms with van der Waals surface area (Å²) in [5, 5.41) is 6.70. The predicted molar refractivity (Wildman–Crippen MR) is 72.3 cm³/mol. The molecular weight excluding hydrogens is 236 g/mol. The van der Waals surface area contributed by atoms with Gasteiger partial charge in [0.15, 0.2) is 5.69 Å². The lowest BCUT2D eigenvalue weighted by Gasteiger charge is -2.26. The van der Waals surface area contributed by atoms with E-state index in [1.807, 2.05) is 6.26 Å². The molecule has 0 bridgehead atoms. The lowest BCUT2D eigenvalue weighted by atomic mass is 10.2. The molecule has 3 N–H and O–H groups in total. The van der Waals surface area contributed by atoms with E-state index in [-0.39, 0.29) is 11.9 Å². The number of carbonyl (C=O) groups is 1. The van der Waals surface area contributed by atoms with Crippen molar-refractivity contribution < 1.29 is 4.79 Å². The number of hydrogen-bond acceptors (Lipinski definition) is 4. The van der Waals surface area contributed by atoms with Crippen LogP contribution in [0.4, 0.5) is 5.69 Å². The molecule has 0 aliphatic heterocycles. The Balaban J connectivity index is 2.85. The van der Waals surface area contributed by atoms with Crippen molar-refractivity contribution in [3.05, 3.63) is 11.4 Å². The van der Waals surface area contributed by atoms with E-state index in [4.69, 9.17) is 5.73 Å². The zero-order valence-corrected chi connectivity index (χ0v) is 11.6. The van der Waals surface area contributed by atoms with Crippen molar-refractivity contribution in [3.63, 3.8) is 0 Å². The Kier molecular flexibility index (Phi) is 4.86. The molecule has 1 unspecified atom stereocenters. The normalized spacial score (nSPS) is 12.5. The van der Waals surface area contributed by atoms with Crippen LogP contribution in [0.5, 0.6) is 0 Å². The fraction of sp³-hybridized carbons (Fsp3) is 0.636. The molecule has 0 fully saturated rings. The summed E-state index contributed by atoms with van der Waals surface area (Å²) in [7, 11) is 1.80. The summed E-state index contributed by atoms with van der Waals surface area (Å²) in [6.07, 6.45) is 2.96. The Bertz CT molecular complexity index is 391. The largest absolute Gasteiger partial charge is 0.395 e. The minimum Gasteiger partial charge on any atom is -0.395 e. The quantitative estimate of drug-likeness (QED) is 0.837. The van der Waals surface area contributed by atoms with Crippen LogP contribution >= 0.6 is 11.8 Å². The first kappa shape index (κ1) is 13.9. The highest BCUT2D eigenvalue weighted by Crippen LogP contribution is 2.17. The first-order valence-corrected chi connectivity index (χ1v) is 6.98. The summed E-state index contributed by atoms with van der Waals surface area (Å²) in [5.74, 6) is 0.801. The summed E-state index contributed by atoms with van der Waals surface area (Å²) in [4.78, 5) is 13.9. The van der Waals surface area contributed by atoms with Crippen LogP contribution in [-0.2, 0) is 0 Å². The van der Waals surface area contributed by atoms with Gasteiger partial charge in [-0.3, -0.25) is 9.89 Å². The third-order valence-corrected chi connectivity index (χ3v) is 3.61. The number of thioether (sulfide) groups is 1. The van der Waals surface area contributed by atoms with Crippen LogP contribution in [0, 0.1) is 6.92 Å². The van der Waals surface area contributed by atoms with Gasteiger partial charge in [-0.25, -0.2) is 0 Å². The molecule has 1 rings (SSSR count). The molecule has 0 radical (unpaired) electrons. The second-order valence-electron chi connectivity index (χ2n) is 4.04. The molecule has 17 heavy (non-hydrogen) atoms. The monoisotopic (exact) mass is 256 g/mol. The molecule has 5 nitrogen and oxygen atoms in total. The maximum atomic E-state index is 12.2. The van der Waals surface area contributed by atoms with E-state index in [1.165, 1.54) is 0 Å². The number of aromatic nitrogens is 2. The number of nitrogens with zero attached hydrogens (tertiary/aromatic N) is 2. The van der Waals surface area contributed by atoms with Gasteiger partial charge >= 0.3 is 0 Å². The molecule has 0 saturated heterocycles. The molecule has 0 saturated carbocycles. The first-order valence-electron chi connectivity index (χ1n) is 5.59. The maximum Gasteiger partial charge on any atom is 0.276 e. The molecule has 0 spiro atoms. The fourth-order valence-electron chi connectivity index (χ4n) is 1.63. The summed E-state index contributed by atoms with van der Waals surface area (Å²) in [6, 6.07) is 0.217. The second-order valence-corrected chi connectivity index (χ2v) is 4.96. The molecule has 1 aromatic heterocycles. The Morgan fingerprint density at radius 1 is 1.65 bits per heavy atom. The SMILES string of the molecule is CCC(CSC)N(C)C(=O)c1n[nH]c(C)c1N. The highest BCUT2D eigenvalue weighted by Gasteiger charge is 2.23. The van der Waals surface area contributed by atoms with Gasteiger partial charge in [-0.2, -0.15) is 16.9 Å². The molecule has 1 atom stereocenters. The molecule has 0 aliphatic rings. The average molecular weight is 256 g/mol. The van der Waals surface area contributed by atoms with Crippen LogP contribution < -0.4 is 5.73 Å². The number of hydrogen-bond donors (Lipinski definition) is 2. The number of amides is 1. The number of aromatic amines is 1. The third kappa shape index (κ3) is 2.94. The molecule has 1 amide bonds. The zero-order valence-electron chi connectivity index (χ0n) is 10.8. The fourth-order valence-corrected chi connectivity index (χ4v) is 2.47. The molecule has 1 aromatic rings. The number of anilines is 1. The number of aryl methyl sites for hydroxylation is 1. The number of nitrogen functional groups attached to an aromatic ring is 1. The van der Waals surface area contributed by atoms with Crippen molar-refractivity contribution in [1.82, 2.24) is 15.1 Å². The minimum atomic E-state index is -0.118. The number of rotatable bonds is 5. The van der Waals surface area contributed by atoms with Crippen LogP contribution in [0.3, 0.4) is 0 Å². The van der Waals surface area contributed by atoms with Gasteiger partial charge in [-0.1, -0.05) is 6.92 Å². The molecular formula is C11H20N4OS. The van der Waals surface area contributed by atoms with Crippen LogP contribution in [0.1, 0.15) is 29.5 Å². The van der Waals surface area contributed by atoms with Crippen LogP contribution in [0.2, 0.25) is 0 Å². The Labute approximate surface area is 106 Å². The molecule has 6 heteroatoms. The van der Waals surface area contributed by atoms with E-state index in [2.05, 4.69) is 17.1 Å². The Hall–Kier alpha value is -1.17. The highest BCUT2D eigenvalue weighted by molar-refractivity contribution is 7.98. The topological polar surface area (TPSA) is 75.0 Å². The van der Waals surface area contributed by atoms with E-state index in [9.17, 15) is 4.79 Å². The van der Waals surface area contributed by atoms with E-state index >= 15 is 0 Å². The average Bonchev–Trinajstić information content (AvgIpc) is 2.65. The minimum absolute atomic E-state index is 0.118. The standard InChI is InChI=1S/C11H20N4OS/c1-5-8(6-17-4)15(3)11(16)10-9(12)7(2)13-14-10/h8H,5-6,12H2,1-4H3,(H,13,14). The van der Waals surface area contributed by atoms with Crippen molar-refractivity contribution in [1.29, 1.82) is 0 Å². The van der Waals surface area contributed by atoms with Crippen LogP contribution in [0.15, 0.2) is 0 Å². The zero-order chi connectivity index (χ0) is 13.0. The van der Waals surface area contributed by atoms with Gasteiger partial charge in [0.1, 0.15) is 0 Å². The predicted octanol–water partition coefficient (Wildman–Crippen LogP) is 1.51. The van der Waals surface area contributed by atoms with Crippen molar-refractivity contribution in [2.24, 2.45) is 0 Å². The summed E-state index contributed by atoms with van der Waals surface area (Å²) >= 11 is 1.73. The lowest BCUT2D eigenvalue weighted by Crippen LogP contribution is -2.38. The summed E-state index contributed by atoms with van der Waals surface area (Å²) in [5.41, 5.74) is 7.32. The molecule has 0 aromatic carbocycles. The second kappa shape index (κ2) is 5.95. The first-order chi connectivity index (χ1) is 8.02. The number of nitrogens with two attached hydrogens (primary N) is 1. The summed E-state index contributed by atoms with van der Waals surface area (Å²) < 4.78 is 0. The van der Waals surface area contributed by atoms with Gasteiger partial charge in [0.2, 0.25) is 0 Å². The van der Waals surface area contributed by atoms with E-state index in [0.29, 0.717) is 11.4 Å². The third-order valence-electron chi connectivity index (χ3n) is 2.90. The van der Waals surface area contributed by atoms with Crippen molar-refractivity contribution in [2.75, 3.05) is 24.8 Å². The Morgan fingerprint density at radius 2 is 2.29 bits per heavy atom. The number of nitrogens with one attached hydrogen (secondary N) is 1. The van der Waals surface area contributed by atoms with E-state index in [1.54, 1.807) is 30.6 Å². The molecule has 0 aliphatic carbocycles. The van der Waals surface area contributed by atoms with Gasteiger partial charge in [0.25, 0.3) is 5.91 Å². The lowest BCUT2D eigenvalue weighted by molar-refractivity contribution is 0.0738. The van der Waals surface area contributed by atoms with Gasteiger partial charge in [0, 0.05) is 18.8 Å². The smallest absolute Gasteiger partial charge is 0.276 e. The van der Waals surface area contributed by atoms with Crippen molar-refractivity contribution in [3.8, 4) is 0 Å². The van der Waals surface area contributed by atoms with Crippen LogP contribution in [-0.4, -0.2) is 46.1 Å². The van der Waals surface area contributed by atoms with Gasteiger partial charge in [-0.05, 0) is 19.6 Å². The van der Waals surface area contributed by atoms with Crippen molar-refractivity contribution >= 4 is 23.4 Å². The van der Waals surface area contributed by atoms with Gasteiger partial charge < -0.3 is 10.6 Å². The van der Waals surface area contributed by atoms with Crippen LogP contribution in [0.25, 0.3) is 0 Å². The summed E-state index contributed by atoms with van der Waals surface area (Å²) in [6.45, 7) is 3.88. The molecule has 96 valence electrons. The maximum absolute atomic E-state index is 12.2. The van der Waals surface area contributed by atoms with E-state index in [0.717, 1.165) is 17.9 Å². The van der Waals surface area contributed by atoms with Gasteiger partial charge in [-0.15, -0.1) is 0 Å². The van der Waals surface area contributed by atoms with E-state index < -0.39 is 0 Å². The van der Waals surface area contributed by atoms with Crippen molar-refractivity contribution in [2.45, 2.75) is 26.3 Å². The highest BCUT2D eigenvalue weighted by atomic mass is 32.2. The van der Waals surface area contributed by atoms with Gasteiger partial charge in [0.05, 0.1) is 11.4 Å².